The molecule has 266 valence electrons. The lowest BCUT2D eigenvalue weighted by molar-refractivity contribution is 0.472. The van der Waals surface area contributed by atoms with Crippen molar-refractivity contribution in [2.24, 2.45) is 10.2 Å². The van der Waals surface area contributed by atoms with E-state index in [1.807, 2.05) is 0 Å². The van der Waals surface area contributed by atoms with Gasteiger partial charge < -0.3 is 21.7 Å². The predicted molar refractivity (Wildman–Crippen MR) is 198 cm³/mol. The van der Waals surface area contributed by atoms with Crippen molar-refractivity contribution in [3.8, 4) is 44.9 Å². The summed E-state index contributed by atoms with van der Waals surface area (Å²) in [6, 6.07) is 15.9. The quantitative estimate of drug-likeness (QED) is 0.0438. The van der Waals surface area contributed by atoms with E-state index < -0.39 is 52.9 Å². The van der Waals surface area contributed by atoms with Gasteiger partial charge in [-0.2, -0.15) is 27.1 Å². The van der Waals surface area contributed by atoms with Gasteiger partial charge in [-0.25, -0.2) is 11.0 Å². The molecule has 0 aliphatic carbocycles. The van der Waals surface area contributed by atoms with E-state index in [2.05, 4.69) is 21.3 Å². The molecule has 0 aliphatic heterocycles. The number of hydrogen-bond acceptors (Lipinski definition) is 12. The van der Waals surface area contributed by atoms with Crippen LogP contribution in [-0.4, -0.2) is 36.2 Å². The number of fused-ring (bicyclic) bond motifs is 2. The van der Waals surface area contributed by atoms with E-state index in [1.165, 1.54) is 36.4 Å². The van der Waals surface area contributed by atoms with E-state index in [1.54, 1.807) is 52.0 Å². The highest BCUT2D eigenvalue weighted by atomic mass is 32.2. The van der Waals surface area contributed by atoms with Crippen molar-refractivity contribution in [3.05, 3.63) is 82.9 Å². The Kier molecular flexibility index (Phi) is 7.91. The van der Waals surface area contributed by atoms with E-state index in [-0.39, 0.29) is 44.0 Å². The van der Waals surface area contributed by atoms with Gasteiger partial charge in [0.2, 0.25) is 2.82 Å². The fourth-order valence-electron chi connectivity index (χ4n) is 7.14. The SMILES string of the molecule is [H]/N=N/c1c(S(=O)(=O)O)c(-c2c(C)cc(-c3cc(C)c(-c4c(S(=O)(=O)O)c(/N=N/[H])c(O)c5ccc(N)cc45)c(C)c3)cc2C)c2cc(N)ccc2c1O. The van der Waals surface area contributed by atoms with Crippen LogP contribution in [0.15, 0.2) is 80.7 Å². The second-order valence-corrected chi connectivity index (χ2v) is 15.2. The third kappa shape index (κ3) is 5.67. The van der Waals surface area contributed by atoms with Gasteiger partial charge in [0.05, 0.1) is 0 Å². The molecule has 0 saturated carbocycles. The van der Waals surface area contributed by atoms with Crippen LogP contribution in [0, 0.1) is 38.7 Å². The van der Waals surface area contributed by atoms with Crippen molar-refractivity contribution in [3.63, 3.8) is 0 Å². The molecule has 0 radical (unpaired) electrons. The fraction of sp³-hybridized carbons (Fsp3) is 0.111. The molecular formula is C36H32N6O8S2. The zero-order chi connectivity index (χ0) is 39.6. The predicted octanol–water partition coefficient (Wildman–Crippen LogP) is 8.62. The number of phenolic OH excluding ortho intramolecular Hbond substituents is 2. The zero-order valence-electron chi connectivity index (χ0n) is 30.0. The molecule has 14 nitrogen and oxygen atoms in total. The Morgan fingerprint density at radius 1 is 0.558 bits per heavy atom. The Morgan fingerprint density at radius 2 is 0.885 bits per heavy atom. The molecule has 0 spiro atoms. The minimum Gasteiger partial charge on any atom is -0.505 e. The summed E-state index contributed by atoms with van der Waals surface area (Å²) in [7, 11) is -10.2. The maximum Gasteiger partial charge on any atom is 0.297 e. The summed E-state index contributed by atoms with van der Waals surface area (Å²) >= 11 is 0. The highest BCUT2D eigenvalue weighted by Crippen LogP contribution is 2.52. The standard InChI is InChI=1S/C36H32N6O8S2/c1-15-9-19(10-16(2)27(15)29-25-13-21(37)5-7-23(25)33(43)31(41-39)35(29)51(45,46)47)20-11-17(3)28(18(4)12-20)30-26-14-22(38)6-8-24(26)34(44)32(42-40)36(30)52(48,49)50/h5-14,39-40,43-44H,37-38H2,1-4H3,(H,45,46,47)(H,48,49,50)/b41-39+,42-40+. The number of nitrogens with two attached hydrogens (primary N) is 2. The molecule has 6 aromatic carbocycles. The van der Waals surface area contributed by atoms with Crippen LogP contribution in [0.25, 0.3) is 54.9 Å². The van der Waals surface area contributed by atoms with Crippen LogP contribution in [-0.2, 0) is 20.2 Å². The summed E-state index contributed by atoms with van der Waals surface area (Å²) in [4.78, 5) is -1.52. The number of nitrogens with zero attached hydrogens (tertiary/aromatic N) is 2. The van der Waals surface area contributed by atoms with E-state index >= 15 is 0 Å². The Bertz CT molecular complexity index is 2660. The van der Waals surface area contributed by atoms with Crippen LogP contribution in [0.3, 0.4) is 0 Å². The van der Waals surface area contributed by atoms with Crippen molar-refractivity contribution in [2.75, 3.05) is 11.5 Å². The molecule has 0 amide bonds. The summed E-state index contributed by atoms with van der Waals surface area (Å²) < 4.78 is 87.3. The van der Waals surface area contributed by atoms with Crippen LogP contribution in [0.1, 0.15) is 22.3 Å². The van der Waals surface area contributed by atoms with E-state index in [0.717, 1.165) is 0 Å². The Morgan fingerprint density at radius 3 is 1.17 bits per heavy atom. The maximum absolute atomic E-state index is 13.0. The van der Waals surface area contributed by atoms with E-state index in [9.17, 15) is 36.2 Å². The van der Waals surface area contributed by atoms with Crippen molar-refractivity contribution >= 4 is 64.5 Å². The van der Waals surface area contributed by atoms with Gasteiger partial charge in [-0.3, -0.25) is 9.11 Å². The maximum atomic E-state index is 13.0. The van der Waals surface area contributed by atoms with Gasteiger partial charge in [-0.15, -0.1) is 0 Å². The third-order valence-corrected chi connectivity index (χ3v) is 10.9. The molecule has 0 bridgehead atoms. The molecule has 16 heteroatoms. The molecule has 0 atom stereocenters. The Balaban J connectivity index is 1.65. The lowest BCUT2D eigenvalue weighted by Gasteiger charge is -2.21. The van der Waals surface area contributed by atoms with Crippen molar-refractivity contribution in [1.29, 1.82) is 11.0 Å². The van der Waals surface area contributed by atoms with Gasteiger partial charge in [-0.1, -0.05) is 24.3 Å². The molecule has 6 rings (SSSR count). The summed E-state index contributed by atoms with van der Waals surface area (Å²) in [5.41, 5.74) is 21.5. The number of nitrogens with one attached hydrogen (secondary N) is 2. The molecule has 0 aromatic heterocycles. The first-order chi connectivity index (χ1) is 25.3. The topological polar surface area (TPSA) is 274 Å². The molecule has 0 aliphatic rings. The first-order valence-corrected chi connectivity index (χ1v) is 18.2. The van der Waals surface area contributed by atoms with Crippen LogP contribution in [0.2, 0.25) is 2.82 Å². The number of benzene rings is 6. The molecule has 0 unspecified atom stereocenters. The van der Waals surface area contributed by atoms with Gasteiger partial charge in [0.1, 0.15) is 21.2 Å². The molecule has 6 aromatic rings. The largest absolute Gasteiger partial charge is 0.505 e. The highest BCUT2D eigenvalue weighted by molar-refractivity contribution is 7.86. The Hall–Kier alpha value is -5.94. The van der Waals surface area contributed by atoms with Crippen LogP contribution < -0.4 is 11.5 Å². The smallest absolute Gasteiger partial charge is 0.297 e. The Labute approximate surface area is 300 Å². The number of nitrogen functional groups attached to an aromatic ring is 2. The molecule has 52 heavy (non-hydrogen) atoms. The first-order valence-electron chi connectivity index (χ1n) is 16.2. The second-order valence-electron chi connectivity index (χ2n) is 12.5. The number of anilines is 2. The molecule has 10 N–H and O–H groups in total. The molecule has 0 heterocycles. The first kappa shape index (κ1) is 33.2. The molecule has 0 saturated heterocycles. The normalized spacial score (nSPS) is 13.0. The van der Waals surface area contributed by atoms with Crippen molar-refractivity contribution < 1.29 is 39.0 Å². The lowest BCUT2D eigenvalue weighted by atomic mass is 9.85. The van der Waals surface area contributed by atoms with Crippen LogP contribution >= 0.6 is 0 Å². The van der Waals surface area contributed by atoms with Gasteiger partial charge in [0.25, 0.3) is 20.2 Å². The average Bonchev–Trinajstić information content (AvgIpc) is 3.06. The molecule has 0 fully saturated rings. The van der Waals surface area contributed by atoms with Crippen molar-refractivity contribution in [1.82, 2.24) is 0 Å². The monoisotopic (exact) mass is 740 g/mol. The number of phenols is 2. The fourth-order valence-corrected chi connectivity index (χ4v) is 8.84. The van der Waals surface area contributed by atoms with E-state index in [0.29, 0.717) is 44.5 Å². The zero-order valence-corrected chi connectivity index (χ0v) is 29.6. The lowest BCUT2D eigenvalue weighted by Crippen LogP contribution is -2.05. The van der Waals surface area contributed by atoms with Crippen LogP contribution in [0.4, 0.5) is 22.7 Å². The third-order valence-electron chi connectivity index (χ3n) is 9.08. The number of aryl methyl sites for hydroxylation is 4. The highest BCUT2D eigenvalue weighted by Gasteiger charge is 2.32. The van der Waals surface area contributed by atoms with Crippen molar-refractivity contribution in [2.45, 2.75) is 37.5 Å². The van der Waals surface area contributed by atoms with Gasteiger partial charge in [0, 0.05) is 33.3 Å². The van der Waals surface area contributed by atoms with Gasteiger partial charge >= 0.3 is 0 Å². The summed E-state index contributed by atoms with van der Waals surface area (Å²) in [6.07, 6.45) is 0. The number of rotatable bonds is 7. The molecular weight excluding hydrogens is 709 g/mol. The summed E-state index contributed by atoms with van der Waals surface area (Å²) in [5, 5.41) is 29.8. The van der Waals surface area contributed by atoms with E-state index in [4.69, 9.17) is 14.3 Å². The van der Waals surface area contributed by atoms with Gasteiger partial charge in [0.15, 0.2) is 11.5 Å². The summed E-state index contributed by atoms with van der Waals surface area (Å²) in [6.45, 7) is 6.88. The number of hydrogen-bond donors (Lipinski definition) is 8. The minimum atomic E-state index is -5.09. The van der Waals surface area contributed by atoms with Gasteiger partial charge in [-0.05, 0) is 119 Å². The summed E-state index contributed by atoms with van der Waals surface area (Å²) in [5.74, 6) is -1.24. The minimum absolute atomic E-state index is 0.0129. The number of aromatic hydroxyl groups is 2. The van der Waals surface area contributed by atoms with Crippen LogP contribution in [0.5, 0.6) is 11.5 Å². The second kappa shape index (κ2) is 12.4. The average molecular weight is 741 g/mol.